The molecule has 5 rings (SSSR count). The second-order valence-electron chi connectivity index (χ2n) is 8.97. The molecule has 0 saturated heterocycles. The van der Waals surface area contributed by atoms with Crippen LogP contribution in [0.25, 0.3) is 22.8 Å². The molecule has 3 heterocycles. The molecule has 2 amide bonds. The van der Waals surface area contributed by atoms with Crippen LogP contribution in [-0.2, 0) is 16.0 Å². The molecule has 2 aromatic carbocycles. The first-order valence-electron chi connectivity index (χ1n) is 12.8. The zero-order valence-corrected chi connectivity index (χ0v) is 23.8. The number of fused-ring (bicyclic) bond motifs is 1. The number of nitrogens with one attached hydrogen (secondary N) is 3. The number of ether oxygens (including phenoxy) is 3. The summed E-state index contributed by atoms with van der Waals surface area (Å²) in [6.07, 6.45) is 2.37. The van der Waals surface area contributed by atoms with Gasteiger partial charge in [0.15, 0.2) is 23.9 Å². The Bertz CT molecular complexity index is 1620. The number of benzene rings is 2. The minimum absolute atomic E-state index is 0.104. The van der Waals surface area contributed by atoms with Gasteiger partial charge in [-0.2, -0.15) is 0 Å². The molecule has 0 aliphatic carbocycles. The summed E-state index contributed by atoms with van der Waals surface area (Å²) in [6, 6.07) is 13.4. The molecule has 0 bridgehead atoms. The second-order valence-corrected chi connectivity index (χ2v) is 9.83. The van der Waals surface area contributed by atoms with Gasteiger partial charge in [0.1, 0.15) is 0 Å². The smallest absolute Gasteiger partial charge is 0.338 e. The number of halogens is 1. The highest BCUT2D eigenvalue weighted by atomic mass is 79.9. The van der Waals surface area contributed by atoms with E-state index in [1.807, 2.05) is 0 Å². The van der Waals surface area contributed by atoms with Crippen molar-refractivity contribution in [2.75, 3.05) is 32.2 Å². The molecule has 210 valence electrons. The van der Waals surface area contributed by atoms with Crippen molar-refractivity contribution >= 4 is 39.4 Å². The van der Waals surface area contributed by atoms with E-state index in [0.717, 1.165) is 17.8 Å². The maximum Gasteiger partial charge on any atom is 0.338 e. The molecular weight excluding hydrogens is 594 g/mol. The average Bonchev–Trinajstić information content (AvgIpc) is 3.43. The minimum Gasteiger partial charge on any atom is -0.493 e. The van der Waals surface area contributed by atoms with Gasteiger partial charge in [-0.15, -0.1) is 0 Å². The van der Waals surface area contributed by atoms with E-state index in [4.69, 9.17) is 19.2 Å². The number of rotatable bonds is 9. The number of esters is 1. The van der Waals surface area contributed by atoms with Gasteiger partial charge in [0, 0.05) is 36.1 Å². The number of hydrogen-bond acceptors (Lipinski definition) is 8. The fourth-order valence-electron chi connectivity index (χ4n) is 4.31. The molecule has 3 N–H and O–H groups in total. The van der Waals surface area contributed by atoms with Crippen LogP contribution in [0.15, 0.2) is 59.2 Å². The van der Waals surface area contributed by atoms with Gasteiger partial charge >= 0.3 is 5.97 Å². The van der Waals surface area contributed by atoms with Gasteiger partial charge in [0.2, 0.25) is 0 Å². The number of anilines is 1. The van der Waals surface area contributed by atoms with E-state index < -0.39 is 11.9 Å². The van der Waals surface area contributed by atoms with Gasteiger partial charge in [0.05, 0.1) is 40.7 Å². The van der Waals surface area contributed by atoms with Gasteiger partial charge in [-0.1, -0.05) is 0 Å². The number of carbonyl (C=O) groups excluding carboxylic acids is 3. The number of carbonyl (C=O) groups is 3. The number of aromatic nitrogens is 3. The number of methoxy groups -OCH3 is 1. The van der Waals surface area contributed by atoms with Crippen LogP contribution in [0.1, 0.15) is 33.3 Å². The standard InChI is InChI=1S/C29H26BrN5O6/c1-3-40-29(38)16-4-6-18(7-5-16)33-25(36)15-41-26-20(30)12-17(13-24(26)39-2)27-31-10-9-22(35-27)23-14-19-21(34-23)8-11-32-28(19)37/h4-7,9-10,12-14,34H,3,8,11,15H2,1-2H3,(H,32,37)(H,33,36). The lowest BCUT2D eigenvalue weighted by molar-refractivity contribution is -0.118. The highest BCUT2D eigenvalue weighted by Crippen LogP contribution is 2.39. The van der Waals surface area contributed by atoms with Crippen LogP contribution < -0.4 is 20.1 Å². The Morgan fingerprint density at radius 3 is 2.66 bits per heavy atom. The lowest BCUT2D eigenvalue weighted by Gasteiger charge is -2.14. The first kappa shape index (κ1) is 27.8. The van der Waals surface area contributed by atoms with Gasteiger partial charge in [0.25, 0.3) is 11.8 Å². The molecule has 0 atom stereocenters. The summed E-state index contributed by atoms with van der Waals surface area (Å²) in [5, 5.41) is 5.57. The second kappa shape index (κ2) is 12.2. The summed E-state index contributed by atoms with van der Waals surface area (Å²) in [6.45, 7) is 2.32. The lowest BCUT2D eigenvalue weighted by Crippen LogP contribution is -2.31. The molecule has 4 aromatic rings. The number of H-pyrrole nitrogens is 1. The van der Waals surface area contributed by atoms with Crippen LogP contribution in [0.2, 0.25) is 0 Å². The van der Waals surface area contributed by atoms with E-state index in [1.165, 1.54) is 7.11 Å². The van der Waals surface area contributed by atoms with Crippen LogP contribution in [0.5, 0.6) is 11.5 Å². The van der Waals surface area contributed by atoms with Crippen LogP contribution in [0.3, 0.4) is 0 Å². The van der Waals surface area contributed by atoms with Crippen molar-refractivity contribution in [3.63, 3.8) is 0 Å². The van der Waals surface area contributed by atoms with Crippen LogP contribution in [0, 0.1) is 0 Å². The molecule has 1 aliphatic rings. The van der Waals surface area contributed by atoms with Crippen molar-refractivity contribution < 1.29 is 28.6 Å². The third-order valence-electron chi connectivity index (χ3n) is 6.25. The summed E-state index contributed by atoms with van der Waals surface area (Å²) in [7, 11) is 1.50. The number of amides is 2. The third kappa shape index (κ3) is 6.22. The molecule has 2 aromatic heterocycles. The van der Waals surface area contributed by atoms with Crippen molar-refractivity contribution in [2.24, 2.45) is 0 Å². The van der Waals surface area contributed by atoms with Gasteiger partial charge in [-0.25, -0.2) is 14.8 Å². The molecule has 0 unspecified atom stereocenters. The van der Waals surface area contributed by atoms with E-state index in [0.29, 0.717) is 56.4 Å². The van der Waals surface area contributed by atoms with Gasteiger partial charge in [-0.3, -0.25) is 9.59 Å². The van der Waals surface area contributed by atoms with Crippen molar-refractivity contribution in [1.29, 1.82) is 0 Å². The molecule has 0 radical (unpaired) electrons. The number of aromatic amines is 1. The number of nitrogens with zero attached hydrogens (tertiary/aromatic N) is 2. The summed E-state index contributed by atoms with van der Waals surface area (Å²) in [5.41, 5.74) is 4.42. The molecule has 0 saturated carbocycles. The summed E-state index contributed by atoms with van der Waals surface area (Å²) in [5.74, 6) is 0.223. The Morgan fingerprint density at radius 1 is 1.12 bits per heavy atom. The van der Waals surface area contributed by atoms with E-state index in [-0.39, 0.29) is 19.1 Å². The average molecular weight is 620 g/mol. The fraction of sp³-hybridized carbons (Fsp3) is 0.207. The van der Waals surface area contributed by atoms with E-state index in [2.05, 4.69) is 36.5 Å². The Morgan fingerprint density at radius 2 is 1.93 bits per heavy atom. The van der Waals surface area contributed by atoms with Crippen molar-refractivity contribution in [1.82, 2.24) is 20.3 Å². The maximum absolute atomic E-state index is 12.5. The summed E-state index contributed by atoms with van der Waals surface area (Å²) >= 11 is 3.51. The molecule has 1 aliphatic heterocycles. The SMILES string of the molecule is CCOC(=O)c1ccc(NC(=O)COc2c(Br)cc(-c3nccc(-c4cc5c([nH]4)CCNC5=O)n3)cc2OC)cc1. The topological polar surface area (TPSA) is 145 Å². The Kier molecular flexibility index (Phi) is 8.29. The molecule has 41 heavy (non-hydrogen) atoms. The highest BCUT2D eigenvalue weighted by Gasteiger charge is 2.21. The van der Waals surface area contributed by atoms with Crippen LogP contribution >= 0.6 is 15.9 Å². The first-order valence-corrected chi connectivity index (χ1v) is 13.6. The van der Waals surface area contributed by atoms with Gasteiger partial charge < -0.3 is 29.8 Å². The van der Waals surface area contributed by atoms with E-state index >= 15 is 0 Å². The minimum atomic E-state index is -0.428. The predicted molar refractivity (Wildman–Crippen MR) is 154 cm³/mol. The number of hydrogen-bond donors (Lipinski definition) is 3. The zero-order valence-electron chi connectivity index (χ0n) is 22.2. The molecule has 11 nitrogen and oxygen atoms in total. The highest BCUT2D eigenvalue weighted by molar-refractivity contribution is 9.10. The molecule has 0 spiro atoms. The lowest BCUT2D eigenvalue weighted by atomic mass is 10.1. The Labute approximate surface area is 243 Å². The summed E-state index contributed by atoms with van der Waals surface area (Å²) < 4.78 is 16.8. The predicted octanol–water partition coefficient (Wildman–Crippen LogP) is 4.39. The largest absolute Gasteiger partial charge is 0.493 e. The van der Waals surface area contributed by atoms with Gasteiger partial charge in [-0.05, 0) is 71.4 Å². The first-order chi connectivity index (χ1) is 19.9. The quantitative estimate of drug-likeness (QED) is 0.234. The van der Waals surface area contributed by atoms with Crippen LogP contribution in [-0.4, -0.2) is 59.6 Å². The van der Waals surface area contributed by atoms with Crippen molar-refractivity contribution in [3.05, 3.63) is 76.0 Å². The van der Waals surface area contributed by atoms with Crippen LogP contribution in [0.4, 0.5) is 5.69 Å². The Hall–Kier alpha value is -4.71. The monoisotopic (exact) mass is 619 g/mol. The summed E-state index contributed by atoms with van der Waals surface area (Å²) in [4.78, 5) is 48.9. The normalized spacial score (nSPS) is 12.2. The fourth-order valence-corrected chi connectivity index (χ4v) is 4.86. The Balaban J connectivity index is 1.29. The van der Waals surface area contributed by atoms with Crippen molar-refractivity contribution in [3.8, 4) is 34.3 Å². The van der Waals surface area contributed by atoms with Crippen molar-refractivity contribution in [2.45, 2.75) is 13.3 Å². The molecule has 0 fully saturated rings. The van der Waals surface area contributed by atoms with E-state index in [1.54, 1.807) is 61.7 Å². The third-order valence-corrected chi connectivity index (χ3v) is 6.84. The maximum atomic E-state index is 12.5. The van der Waals surface area contributed by atoms with E-state index in [9.17, 15) is 14.4 Å². The zero-order chi connectivity index (χ0) is 28.9. The molecular formula is C29H26BrN5O6. The molecule has 12 heteroatoms.